The standard InChI is InChI=1S/C23H43N7/c1-20(2)12-11-13-21(3,4)29(20)18-25-17(28(9)10)26-19(27-18)30-22(5,6)14-16(24)15-23(30,7)8/h16H,11-15,24H2,1-10H3. The van der Waals surface area contributed by atoms with E-state index in [-0.39, 0.29) is 28.2 Å². The molecular formula is C23H43N7. The SMILES string of the molecule is CN(C)c1nc(N2C(C)(C)CCCC2(C)C)nc(N2C(C)(C)CC(N)CC2(C)C)n1. The molecule has 3 heterocycles. The molecule has 7 heteroatoms. The molecule has 2 aliphatic heterocycles. The van der Waals surface area contributed by atoms with E-state index in [4.69, 9.17) is 20.7 Å². The minimum atomic E-state index is -0.143. The van der Waals surface area contributed by atoms with Gasteiger partial charge in [0.15, 0.2) is 0 Å². The quantitative estimate of drug-likeness (QED) is 0.797. The first kappa shape index (κ1) is 23.0. The highest BCUT2D eigenvalue weighted by Gasteiger charge is 2.47. The van der Waals surface area contributed by atoms with Gasteiger partial charge in [-0.25, -0.2) is 0 Å². The second kappa shape index (κ2) is 7.21. The summed E-state index contributed by atoms with van der Waals surface area (Å²) in [6.07, 6.45) is 5.30. The zero-order valence-corrected chi connectivity index (χ0v) is 20.9. The van der Waals surface area contributed by atoms with Crippen LogP contribution in [-0.4, -0.2) is 57.2 Å². The third-order valence-corrected chi connectivity index (χ3v) is 6.92. The summed E-state index contributed by atoms with van der Waals surface area (Å²) >= 11 is 0. The van der Waals surface area contributed by atoms with Gasteiger partial charge in [0.1, 0.15) is 0 Å². The Hall–Kier alpha value is -1.63. The molecule has 0 unspecified atom stereocenters. The van der Waals surface area contributed by atoms with Crippen molar-refractivity contribution in [3.63, 3.8) is 0 Å². The minimum Gasteiger partial charge on any atom is -0.347 e. The molecule has 7 nitrogen and oxygen atoms in total. The molecule has 1 aromatic rings. The van der Waals surface area contributed by atoms with Gasteiger partial charge in [-0.05, 0) is 87.5 Å². The van der Waals surface area contributed by atoms with Gasteiger partial charge in [0.2, 0.25) is 17.8 Å². The number of nitrogens with two attached hydrogens (primary N) is 1. The van der Waals surface area contributed by atoms with Crippen molar-refractivity contribution >= 4 is 17.8 Å². The van der Waals surface area contributed by atoms with Gasteiger partial charge in [-0.15, -0.1) is 0 Å². The molecule has 0 bridgehead atoms. The molecule has 0 saturated carbocycles. The van der Waals surface area contributed by atoms with Gasteiger partial charge in [0.25, 0.3) is 0 Å². The molecule has 2 fully saturated rings. The molecule has 0 atom stereocenters. The van der Waals surface area contributed by atoms with Crippen LogP contribution in [0.2, 0.25) is 0 Å². The number of aromatic nitrogens is 3. The lowest BCUT2D eigenvalue weighted by Gasteiger charge is -2.55. The van der Waals surface area contributed by atoms with Crippen LogP contribution in [0.25, 0.3) is 0 Å². The zero-order valence-electron chi connectivity index (χ0n) is 20.9. The lowest BCUT2D eigenvalue weighted by Crippen LogP contribution is -2.64. The molecular weight excluding hydrogens is 374 g/mol. The predicted octanol–water partition coefficient (Wildman–Crippen LogP) is 3.97. The Labute approximate surface area is 183 Å². The molecule has 0 radical (unpaired) electrons. The summed E-state index contributed by atoms with van der Waals surface area (Å²) in [6.45, 7) is 18.2. The fraction of sp³-hybridized carbons (Fsp3) is 0.870. The van der Waals surface area contributed by atoms with Gasteiger partial charge in [0.05, 0.1) is 0 Å². The van der Waals surface area contributed by atoms with Crippen LogP contribution in [0.15, 0.2) is 0 Å². The number of rotatable bonds is 3. The number of hydrogen-bond donors (Lipinski definition) is 1. The molecule has 0 aromatic carbocycles. The molecule has 0 amide bonds. The average Bonchev–Trinajstić information content (AvgIpc) is 2.49. The smallest absolute Gasteiger partial charge is 0.232 e. The van der Waals surface area contributed by atoms with Gasteiger partial charge in [-0.2, -0.15) is 15.0 Å². The second-order valence-corrected chi connectivity index (χ2v) is 12.1. The largest absolute Gasteiger partial charge is 0.347 e. The summed E-state index contributed by atoms with van der Waals surface area (Å²) in [7, 11) is 4.00. The number of piperidine rings is 2. The van der Waals surface area contributed by atoms with E-state index in [1.165, 1.54) is 6.42 Å². The van der Waals surface area contributed by atoms with E-state index in [0.29, 0.717) is 5.95 Å². The van der Waals surface area contributed by atoms with E-state index >= 15 is 0 Å². The van der Waals surface area contributed by atoms with Gasteiger partial charge in [-0.1, -0.05) is 0 Å². The van der Waals surface area contributed by atoms with Crippen LogP contribution in [-0.2, 0) is 0 Å². The normalized spacial score (nSPS) is 25.3. The first-order valence-electron chi connectivity index (χ1n) is 11.4. The average molecular weight is 418 g/mol. The highest BCUT2D eigenvalue weighted by Crippen LogP contribution is 2.44. The van der Waals surface area contributed by atoms with Crippen molar-refractivity contribution in [2.45, 2.75) is 116 Å². The van der Waals surface area contributed by atoms with Crippen molar-refractivity contribution in [2.24, 2.45) is 5.73 Å². The topological polar surface area (TPSA) is 74.4 Å². The predicted molar refractivity (Wildman–Crippen MR) is 126 cm³/mol. The van der Waals surface area contributed by atoms with Crippen molar-refractivity contribution in [3.8, 4) is 0 Å². The first-order chi connectivity index (χ1) is 13.6. The lowest BCUT2D eigenvalue weighted by atomic mass is 9.77. The Balaban J connectivity index is 2.19. The third kappa shape index (κ3) is 4.10. The monoisotopic (exact) mass is 417 g/mol. The number of hydrogen-bond acceptors (Lipinski definition) is 7. The number of nitrogens with zero attached hydrogens (tertiary/aromatic N) is 6. The maximum Gasteiger partial charge on any atom is 0.232 e. The van der Waals surface area contributed by atoms with Gasteiger partial charge < -0.3 is 20.4 Å². The van der Waals surface area contributed by atoms with Crippen LogP contribution >= 0.6 is 0 Å². The fourth-order valence-electron chi connectivity index (χ4n) is 6.18. The van der Waals surface area contributed by atoms with E-state index in [0.717, 1.165) is 37.6 Å². The number of anilines is 3. The molecule has 2 saturated heterocycles. The molecule has 0 spiro atoms. The summed E-state index contributed by atoms with van der Waals surface area (Å²) in [5, 5.41) is 0. The zero-order chi connectivity index (χ0) is 22.7. The van der Waals surface area contributed by atoms with E-state index in [2.05, 4.69) is 65.2 Å². The Morgan fingerprint density at radius 3 is 1.53 bits per heavy atom. The molecule has 1 aromatic heterocycles. The van der Waals surface area contributed by atoms with Crippen molar-refractivity contribution < 1.29 is 0 Å². The van der Waals surface area contributed by atoms with Crippen LogP contribution < -0.4 is 20.4 Å². The van der Waals surface area contributed by atoms with Crippen molar-refractivity contribution in [1.82, 2.24) is 15.0 Å². The summed E-state index contributed by atoms with van der Waals surface area (Å²) in [5.74, 6) is 2.23. The van der Waals surface area contributed by atoms with Crippen LogP contribution in [0.3, 0.4) is 0 Å². The maximum absolute atomic E-state index is 6.43. The van der Waals surface area contributed by atoms with Crippen LogP contribution in [0.4, 0.5) is 17.8 Å². The molecule has 2 N–H and O–H groups in total. The summed E-state index contributed by atoms with van der Waals surface area (Å²) in [5.41, 5.74) is 6.11. The molecule has 30 heavy (non-hydrogen) atoms. The summed E-state index contributed by atoms with van der Waals surface area (Å²) < 4.78 is 0. The lowest BCUT2D eigenvalue weighted by molar-refractivity contribution is 0.215. The van der Waals surface area contributed by atoms with Gasteiger partial charge in [-0.3, -0.25) is 0 Å². The maximum atomic E-state index is 6.43. The highest BCUT2D eigenvalue weighted by atomic mass is 15.4. The molecule has 0 aliphatic carbocycles. The van der Waals surface area contributed by atoms with Crippen molar-refractivity contribution in [2.75, 3.05) is 28.8 Å². The van der Waals surface area contributed by atoms with Gasteiger partial charge >= 0.3 is 0 Å². The minimum absolute atomic E-state index is 0.0146. The summed E-state index contributed by atoms with van der Waals surface area (Å²) in [6, 6.07) is 0.181. The van der Waals surface area contributed by atoms with Crippen LogP contribution in [0.5, 0.6) is 0 Å². The van der Waals surface area contributed by atoms with E-state index in [1.54, 1.807) is 0 Å². The van der Waals surface area contributed by atoms with E-state index < -0.39 is 0 Å². The Morgan fingerprint density at radius 1 is 0.733 bits per heavy atom. The van der Waals surface area contributed by atoms with Crippen molar-refractivity contribution in [1.29, 1.82) is 0 Å². The Bertz CT molecular complexity index is 748. The molecule has 170 valence electrons. The molecule has 2 aliphatic rings. The second-order valence-electron chi connectivity index (χ2n) is 12.1. The molecule has 3 rings (SSSR count). The highest BCUT2D eigenvalue weighted by molar-refractivity contribution is 5.52. The van der Waals surface area contributed by atoms with Crippen molar-refractivity contribution in [3.05, 3.63) is 0 Å². The van der Waals surface area contributed by atoms with Crippen LogP contribution in [0.1, 0.15) is 87.5 Å². The van der Waals surface area contributed by atoms with E-state index in [1.807, 2.05) is 19.0 Å². The Morgan fingerprint density at radius 2 is 1.13 bits per heavy atom. The van der Waals surface area contributed by atoms with Gasteiger partial charge in [0, 0.05) is 42.3 Å². The first-order valence-corrected chi connectivity index (χ1v) is 11.4. The summed E-state index contributed by atoms with van der Waals surface area (Å²) in [4.78, 5) is 21.8. The fourth-order valence-corrected chi connectivity index (χ4v) is 6.18. The van der Waals surface area contributed by atoms with E-state index in [9.17, 15) is 0 Å². The van der Waals surface area contributed by atoms with Crippen LogP contribution in [0, 0.1) is 0 Å². The Kier molecular flexibility index (Phi) is 5.54. The third-order valence-electron chi connectivity index (χ3n) is 6.92.